The van der Waals surface area contributed by atoms with Crippen LogP contribution in [0.2, 0.25) is 0 Å². The number of anilines is 1. The SMILES string of the molecule is CC(C)N(CCO)c1ccc(C#N)cc1Br. The van der Waals surface area contributed by atoms with Gasteiger partial charge in [0.05, 0.1) is 23.9 Å². The first-order valence-electron chi connectivity index (χ1n) is 5.17. The van der Waals surface area contributed by atoms with Crippen molar-refractivity contribution >= 4 is 21.6 Å². The molecular weight excluding hydrogens is 268 g/mol. The molecule has 86 valence electrons. The number of halogens is 1. The van der Waals surface area contributed by atoms with Crippen LogP contribution in [0.5, 0.6) is 0 Å². The zero-order valence-electron chi connectivity index (χ0n) is 9.44. The van der Waals surface area contributed by atoms with Crippen molar-refractivity contribution in [2.24, 2.45) is 0 Å². The highest BCUT2D eigenvalue weighted by Gasteiger charge is 2.13. The van der Waals surface area contributed by atoms with Gasteiger partial charge in [0.2, 0.25) is 0 Å². The molecule has 0 radical (unpaired) electrons. The van der Waals surface area contributed by atoms with Gasteiger partial charge >= 0.3 is 0 Å². The maximum absolute atomic E-state index is 9.03. The highest BCUT2D eigenvalue weighted by molar-refractivity contribution is 9.10. The topological polar surface area (TPSA) is 47.3 Å². The summed E-state index contributed by atoms with van der Waals surface area (Å²) in [6.45, 7) is 4.84. The first-order valence-corrected chi connectivity index (χ1v) is 5.96. The molecule has 0 saturated heterocycles. The number of hydrogen-bond donors (Lipinski definition) is 1. The molecule has 0 heterocycles. The van der Waals surface area contributed by atoms with E-state index in [9.17, 15) is 0 Å². The van der Waals surface area contributed by atoms with E-state index in [1.165, 1.54) is 0 Å². The second-order valence-electron chi connectivity index (χ2n) is 3.79. The van der Waals surface area contributed by atoms with Gasteiger partial charge in [-0.1, -0.05) is 0 Å². The summed E-state index contributed by atoms with van der Waals surface area (Å²) in [7, 11) is 0. The van der Waals surface area contributed by atoms with Crippen LogP contribution >= 0.6 is 15.9 Å². The molecule has 0 amide bonds. The summed E-state index contributed by atoms with van der Waals surface area (Å²) in [5, 5.41) is 17.8. The van der Waals surface area contributed by atoms with Crippen LogP contribution in [0.1, 0.15) is 19.4 Å². The molecule has 0 aliphatic rings. The lowest BCUT2D eigenvalue weighted by Gasteiger charge is -2.29. The molecule has 0 unspecified atom stereocenters. The largest absolute Gasteiger partial charge is 0.395 e. The van der Waals surface area contributed by atoms with Gasteiger partial charge < -0.3 is 10.0 Å². The third kappa shape index (κ3) is 2.97. The first kappa shape index (κ1) is 13.0. The van der Waals surface area contributed by atoms with Crippen LogP contribution in [0.15, 0.2) is 22.7 Å². The molecule has 1 rings (SSSR count). The van der Waals surface area contributed by atoms with E-state index in [2.05, 4.69) is 40.7 Å². The molecule has 0 atom stereocenters. The predicted molar refractivity (Wildman–Crippen MR) is 68.4 cm³/mol. The van der Waals surface area contributed by atoms with Crippen LogP contribution < -0.4 is 4.90 Å². The minimum atomic E-state index is 0.116. The van der Waals surface area contributed by atoms with E-state index in [0.29, 0.717) is 18.2 Å². The van der Waals surface area contributed by atoms with Crippen LogP contribution in [-0.2, 0) is 0 Å². The van der Waals surface area contributed by atoms with Gasteiger partial charge in [0.25, 0.3) is 0 Å². The molecule has 1 aromatic carbocycles. The first-order chi connectivity index (χ1) is 7.60. The number of aliphatic hydroxyl groups is 1. The number of nitrogens with zero attached hydrogens (tertiary/aromatic N) is 2. The highest BCUT2D eigenvalue weighted by Crippen LogP contribution is 2.28. The molecule has 0 aliphatic heterocycles. The molecular formula is C12H15BrN2O. The Morgan fingerprint density at radius 3 is 2.62 bits per heavy atom. The lowest BCUT2D eigenvalue weighted by atomic mass is 10.2. The Balaban J connectivity index is 3.06. The van der Waals surface area contributed by atoms with Crippen molar-refractivity contribution in [1.29, 1.82) is 5.26 Å². The van der Waals surface area contributed by atoms with E-state index >= 15 is 0 Å². The Morgan fingerprint density at radius 1 is 1.50 bits per heavy atom. The van der Waals surface area contributed by atoms with Crippen LogP contribution in [0.4, 0.5) is 5.69 Å². The van der Waals surface area contributed by atoms with Crippen molar-refractivity contribution in [3.8, 4) is 6.07 Å². The summed E-state index contributed by atoms with van der Waals surface area (Å²) in [6.07, 6.45) is 0. The molecule has 0 fully saturated rings. The van der Waals surface area contributed by atoms with E-state index in [1.807, 2.05) is 6.07 Å². The minimum Gasteiger partial charge on any atom is -0.395 e. The van der Waals surface area contributed by atoms with E-state index in [1.54, 1.807) is 12.1 Å². The van der Waals surface area contributed by atoms with E-state index in [4.69, 9.17) is 10.4 Å². The van der Waals surface area contributed by atoms with Crippen molar-refractivity contribution in [3.63, 3.8) is 0 Å². The van der Waals surface area contributed by atoms with Crippen molar-refractivity contribution in [3.05, 3.63) is 28.2 Å². The molecule has 0 bridgehead atoms. The van der Waals surface area contributed by atoms with Crippen LogP contribution in [-0.4, -0.2) is 24.3 Å². The van der Waals surface area contributed by atoms with Gasteiger partial charge in [-0.25, -0.2) is 0 Å². The van der Waals surface area contributed by atoms with Gasteiger partial charge in [0.15, 0.2) is 0 Å². The third-order valence-corrected chi connectivity index (χ3v) is 2.99. The summed E-state index contributed by atoms with van der Waals surface area (Å²) < 4.78 is 0.883. The van der Waals surface area contributed by atoms with Gasteiger partial charge in [-0.15, -0.1) is 0 Å². The lowest BCUT2D eigenvalue weighted by Crippen LogP contribution is -2.33. The monoisotopic (exact) mass is 282 g/mol. The fourth-order valence-electron chi connectivity index (χ4n) is 1.57. The Hall–Kier alpha value is -1.05. The molecule has 0 spiro atoms. The van der Waals surface area contributed by atoms with Crippen LogP contribution in [0.3, 0.4) is 0 Å². The second-order valence-corrected chi connectivity index (χ2v) is 4.64. The molecule has 0 aromatic heterocycles. The number of rotatable bonds is 4. The standard InChI is InChI=1S/C12H15BrN2O/c1-9(2)15(5-6-16)12-4-3-10(8-14)7-11(12)13/h3-4,7,9,16H,5-6H2,1-2H3. The predicted octanol–water partition coefficient (Wildman–Crippen LogP) is 2.53. The fraction of sp³-hybridized carbons (Fsp3) is 0.417. The second kappa shape index (κ2) is 5.88. The smallest absolute Gasteiger partial charge is 0.0992 e. The van der Waals surface area contributed by atoms with Crippen molar-refractivity contribution in [2.75, 3.05) is 18.1 Å². The minimum absolute atomic E-state index is 0.116. The van der Waals surface area contributed by atoms with Gasteiger partial charge in [0.1, 0.15) is 0 Å². The van der Waals surface area contributed by atoms with E-state index < -0.39 is 0 Å². The molecule has 4 heteroatoms. The fourth-order valence-corrected chi connectivity index (χ4v) is 2.18. The molecule has 1 aromatic rings. The number of nitriles is 1. The summed E-state index contributed by atoms with van der Waals surface area (Å²) in [4.78, 5) is 2.09. The summed E-state index contributed by atoms with van der Waals surface area (Å²) in [6, 6.07) is 7.88. The van der Waals surface area contributed by atoms with Gasteiger partial charge in [-0.3, -0.25) is 0 Å². The summed E-state index contributed by atoms with van der Waals surface area (Å²) in [5.74, 6) is 0. The van der Waals surface area contributed by atoms with Crippen molar-refractivity contribution < 1.29 is 5.11 Å². The summed E-state index contributed by atoms with van der Waals surface area (Å²) in [5.41, 5.74) is 1.63. The van der Waals surface area contributed by atoms with Crippen molar-refractivity contribution in [1.82, 2.24) is 0 Å². The van der Waals surface area contributed by atoms with Crippen molar-refractivity contribution in [2.45, 2.75) is 19.9 Å². The number of benzene rings is 1. The normalized spacial score (nSPS) is 10.2. The maximum Gasteiger partial charge on any atom is 0.0992 e. The molecule has 16 heavy (non-hydrogen) atoms. The third-order valence-electron chi connectivity index (χ3n) is 2.35. The molecule has 1 N–H and O–H groups in total. The van der Waals surface area contributed by atoms with E-state index in [0.717, 1.165) is 10.2 Å². The Kier molecular flexibility index (Phi) is 4.78. The Labute approximate surface area is 104 Å². The van der Waals surface area contributed by atoms with Gasteiger partial charge in [0, 0.05) is 17.1 Å². The van der Waals surface area contributed by atoms with Gasteiger partial charge in [-0.2, -0.15) is 5.26 Å². The zero-order chi connectivity index (χ0) is 12.1. The zero-order valence-corrected chi connectivity index (χ0v) is 11.0. The Morgan fingerprint density at radius 2 is 2.19 bits per heavy atom. The highest BCUT2D eigenvalue weighted by atomic mass is 79.9. The van der Waals surface area contributed by atoms with Crippen LogP contribution in [0, 0.1) is 11.3 Å². The molecule has 0 aliphatic carbocycles. The maximum atomic E-state index is 9.03. The van der Waals surface area contributed by atoms with E-state index in [-0.39, 0.29) is 6.61 Å². The van der Waals surface area contributed by atoms with Gasteiger partial charge in [-0.05, 0) is 48.0 Å². The molecule has 3 nitrogen and oxygen atoms in total. The molecule has 0 saturated carbocycles. The Bertz CT molecular complexity index is 398. The lowest BCUT2D eigenvalue weighted by molar-refractivity contribution is 0.299. The average Bonchev–Trinajstić information content (AvgIpc) is 2.26. The number of aliphatic hydroxyl groups excluding tert-OH is 1. The van der Waals surface area contributed by atoms with Crippen LogP contribution in [0.25, 0.3) is 0 Å². The summed E-state index contributed by atoms with van der Waals surface area (Å²) >= 11 is 3.45. The quantitative estimate of drug-likeness (QED) is 0.923. The average molecular weight is 283 g/mol. The number of hydrogen-bond acceptors (Lipinski definition) is 3.